The van der Waals surface area contributed by atoms with Crippen LogP contribution in [0.1, 0.15) is 73.7 Å². The standard InChI is InChI=1S/C21H33NO5S/c1-21(2,3)27-20(24)22-13-12-19(23)17-10-7-11-18(14-17)28(25,26)15-16-8-5-4-6-9-16/h7,10-11,14,16,19,23H,4-6,8-9,12-13,15H2,1-3H3,(H,22,24)/i12D2. The van der Waals surface area contributed by atoms with Gasteiger partial charge in [0, 0.05) is 9.29 Å². The Morgan fingerprint density at radius 2 is 2.00 bits per heavy atom. The van der Waals surface area contributed by atoms with Crippen LogP contribution in [-0.4, -0.2) is 37.5 Å². The number of hydrogen-bond acceptors (Lipinski definition) is 5. The summed E-state index contributed by atoms with van der Waals surface area (Å²) in [4.78, 5) is 11.9. The second-order valence-corrected chi connectivity index (χ2v) is 10.4. The van der Waals surface area contributed by atoms with E-state index in [0.29, 0.717) is 0 Å². The molecule has 0 spiro atoms. The maximum Gasteiger partial charge on any atom is 0.407 e. The number of rotatable bonds is 7. The van der Waals surface area contributed by atoms with Crippen molar-refractivity contribution in [1.29, 1.82) is 0 Å². The van der Waals surface area contributed by atoms with E-state index in [1.807, 2.05) is 0 Å². The lowest BCUT2D eigenvalue weighted by Crippen LogP contribution is -2.33. The number of alkyl carbamates (subject to hydrolysis) is 1. The second-order valence-electron chi connectivity index (χ2n) is 8.32. The molecule has 0 aliphatic heterocycles. The Balaban J connectivity index is 2.08. The summed E-state index contributed by atoms with van der Waals surface area (Å²) in [6, 6.07) is 5.79. The van der Waals surface area contributed by atoms with Crippen molar-refractivity contribution >= 4 is 15.9 Å². The molecule has 1 fully saturated rings. The first kappa shape index (κ1) is 19.7. The summed E-state index contributed by atoms with van der Waals surface area (Å²) in [5, 5.41) is 12.9. The van der Waals surface area contributed by atoms with Crippen LogP contribution in [0, 0.1) is 5.92 Å². The number of carbonyl (C=O) groups excluding carboxylic acids is 1. The first-order chi connectivity index (χ1) is 13.8. The van der Waals surface area contributed by atoms with Gasteiger partial charge in [-0.15, -0.1) is 0 Å². The smallest absolute Gasteiger partial charge is 0.407 e. The number of hydrogen-bond donors (Lipinski definition) is 2. The Kier molecular flexibility index (Phi) is 6.86. The first-order valence-corrected chi connectivity index (χ1v) is 11.4. The van der Waals surface area contributed by atoms with Crippen molar-refractivity contribution in [2.75, 3.05) is 12.3 Å². The molecule has 2 N–H and O–H groups in total. The highest BCUT2D eigenvalue weighted by atomic mass is 32.2. The van der Waals surface area contributed by atoms with Crippen LogP contribution in [-0.2, 0) is 14.6 Å². The van der Waals surface area contributed by atoms with E-state index in [-0.39, 0.29) is 22.1 Å². The summed E-state index contributed by atoms with van der Waals surface area (Å²) in [5.41, 5.74) is -0.577. The second kappa shape index (κ2) is 9.74. The lowest BCUT2D eigenvalue weighted by atomic mass is 9.91. The van der Waals surface area contributed by atoms with Crippen LogP contribution in [0.3, 0.4) is 0 Å². The fraction of sp³-hybridized carbons (Fsp3) is 0.667. The molecule has 1 atom stereocenters. The SMILES string of the molecule is [2H]C([2H])(CNC(=O)OC(C)(C)C)C(O)c1cccc(S(=O)(=O)CC2CCCCC2)c1. The monoisotopic (exact) mass is 413 g/mol. The van der Waals surface area contributed by atoms with Crippen LogP contribution in [0.5, 0.6) is 0 Å². The molecule has 1 aliphatic carbocycles. The van der Waals surface area contributed by atoms with Crippen molar-refractivity contribution in [2.24, 2.45) is 5.92 Å². The van der Waals surface area contributed by atoms with Crippen molar-refractivity contribution in [1.82, 2.24) is 5.32 Å². The molecule has 0 aromatic heterocycles. The first-order valence-electron chi connectivity index (χ1n) is 10.8. The molecular weight excluding hydrogens is 378 g/mol. The zero-order chi connectivity index (χ0) is 22.6. The van der Waals surface area contributed by atoms with Gasteiger partial charge in [0.25, 0.3) is 0 Å². The summed E-state index contributed by atoms with van der Waals surface area (Å²) < 4.78 is 47.0. The number of ether oxygens (including phenoxy) is 1. The Morgan fingerprint density at radius 1 is 1.32 bits per heavy atom. The zero-order valence-electron chi connectivity index (χ0n) is 18.9. The van der Waals surface area contributed by atoms with Crippen molar-refractivity contribution in [3.63, 3.8) is 0 Å². The summed E-state index contributed by atoms with van der Waals surface area (Å²) in [6.07, 6.45) is 0.418. The van der Waals surface area contributed by atoms with Crippen molar-refractivity contribution in [3.8, 4) is 0 Å². The van der Waals surface area contributed by atoms with Crippen LogP contribution in [0.4, 0.5) is 4.79 Å². The van der Waals surface area contributed by atoms with E-state index in [0.717, 1.165) is 32.1 Å². The molecule has 6 nitrogen and oxygen atoms in total. The molecule has 0 heterocycles. The van der Waals surface area contributed by atoms with Gasteiger partial charge in [-0.2, -0.15) is 0 Å². The Labute approximate surface area is 171 Å². The fourth-order valence-electron chi connectivity index (χ4n) is 3.29. The van der Waals surface area contributed by atoms with Crippen LogP contribution in [0.15, 0.2) is 29.2 Å². The Bertz CT molecular complexity index is 830. The summed E-state index contributed by atoms with van der Waals surface area (Å²) in [5.74, 6) is 0.210. The van der Waals surface area contributed by atoms with E-state index in [1.54, 1.807) is 20.8 Å². The minimum absolute atomic E-state index is 0.0691. The molecular formula is C21H33NO5S. The van der Waals surface area contributed by atoms with Gasteiger partial charge >= 0.3 is 6.09 Å². The minimum atomic E-state index is -3.53. The molecule has 1 aromatic rings. The molecule has 1 amide bonds. The average Bonchev–Trinajstić information content (AvgIpc) is 2.65. The fourth-order valence-corrected chi connectivity index (χ4v) is 5.04. The molecule has 0 saturated heterocycles. The predicted octanol–water partition coefficient (Wildman–Crippen LogP) is 3.99. The molecule has 1 saturated carbocycles. The lowest BCUT2D eigenvalue weighted by molar-refractivity contribution is 0.0518. The van der Waals surface area contributed by atoms with Gasteiger partial charge in [0.1, 0.15) is 5.60 Å². The number of aliphatic hydroxyl groups excluding tert-OH is 1. The number of amides is 1. The maximum atomic E-state index is 12.8. The van der Waals surface area contributed by atoms with Crippen LogP contribution >= 0.6 is 0 Å². The quantitative estimate of drug-likeness (QED) is 0.705. The molecule has 1 aliphatic rings. The highest BCUT2D eigenvalue weighted by Crippen LogP contribution is 2.28. The van der Waals surface area contributed by atoms with Gasteiger partial charge < -0.3 is 15.2 Å². The van der Waals surface area contributed by atoms with Crippen LogP contribution in [0.25, 0.3) is 0 Å². The third kappa shape index (κ3) is 7.43. The topological polar surface area (TPSA) is 92.7 Å². The molecule has 7 heteroatoms. The van der Waals surface area contributed by atoms with Gasteiger partial charge in [-0.25, -0.2) is 13.2 Å². The van der Waals surface area contributed by atoms with Gasteiger partial charge in [0.05, 0.1) is 16.8 Å². The number of benzene rings is 1. The minimum Gasteiger partial charge on any atom is -0.444 e. The normalized spacial score (nSPS) is 18.7. The largest absolute Gasteiger partial charge is 0.444 e. The van der Waals surface area contributed by atoms with Gasteiger partial charge in [-0.05, 0) is 63.6 Å². The molecule has 0 bridgehead atoms. The zero-order valence-corrected chi connectivity index (χ0v) is 17.7. The number of carbonyl (C=O) groups is 1. The van der Waals surface area contributed by atoms with Crippen molar-refractivity contribution < 1.29 is 25.8 Å². The third-order valence-electron chi connectivity index (χ3n) is 4.64. The van der Waals surface area contributed by atoms with E-state index in [4.69, 9.17) is 7.48 Å². The molecule has 2 rings (SSSR count). The van der Waals surface area contributed by atoms with Gasteiger partial charge in [-0.1, -0.05) is 31.4 Å². The highest BCUT2D eigenvalue weighted by molar-refractivity contribution is 7.91. The van der Waals surface area contributed by atoms with Crippen LogP contribution < -0.4 is 5.32 Å². The van der Waals surface area contributed by atoms with Gasteiger partial charge in [0.2, 0.25) is 0 Å². The number of aliphatic hydroxyl groups is 1. The average molecular weight is 414 g/mol. The van der Waals surface area contributed by atoms with E-state index in [1.165, 1.54) is 24.3 Å². The van der Waals surface area contributed by atoms with Gasteiger partial charge in [-0.3, -0.25) is 0 Å². The lowest BCUT2D eigenvalue weighted by Gasteiger charge is -2.21. The third-order valence-corrected chi connectivity index (χ3v) is 6.52. The maximum absolute atomic E-state index is 12.8. The van der Waals surface area contributed by atoms with Crippen molar-refractivity contribution in [2.45, 2.75) is 75.8 Å². The summed E-state index contributed by atoms with van der Waals surface area (Å²) >= 11 is 0. The summed E-state index contributed by atoms with van der Waals surface area (Å²) in [7, 11) is -3.53. The van der Waals surface area contributed by atoms with E-state index in [9.17, 15) is 18.3 Å². The predicted molar refractivity (Wildman–Crippen MR) is 109 cm³/mol. The molecule has 158 valence electrons. The van der Waals surface area contributed by atoms with E-state index < -0.39 is 40.6 Å². The van der Waals surface area contributed by atoms with Crippen LogP contribution in [0.2, 0.25) is 0 Å². The van der Waals surface area contributed by atoms with E-state index in [2.05, 4.69) is 5.32 Å². The Hall–Kier alpha value is -1.60. The molecule has 1 aromatic carbocycles. The highest BCUT2D eigenvalue weighted by Gasteiger charge is 2.24. The molecule has 28 heavy (non-hydrogen) atoms. The molecule has 0 radical (unpaired) electrons. The molecule has 1 unspecified atom stereocenters. The van der Waals surface area contributed by atoms with Crippen molar-refractivity contribution in [3.05, 3.63) is 29.8 Å². The summed E-state index contributed by atoms with van der Waals surface area (Å²) in [6.45, 7) is 4.59. The van der Waals surface area contributed by atoms with E-state index >= 15 is 0 Å². The Morgan fingerprint density at radius 3 is 2.64 bits per heavy atom. The number of nitrogens with one attached hydrogen (secondary N) is 1. The number of sulfone groups is 1. The van der Waals surface area contributed by atoms with Gasteiger partial charge in [0.15, 0.2) is 9.84 Å².